The molecule has 16 nitrogen and oxygen atoms in total. The highest BCUT2D eigenvalue weighted by Gasteiger charge is 2.47. The van der Waals surface area contributed by atoms with E-state index in [1.807, 2.05) is 73.1 Å². The van der Waals surface area contributed by atoms with Gasteiger partial charge in [-0.25, -0.2) is 8.42 Å². The molecule has 6 saturated heterocycles. The predicted octanol–water partition coefficient (Wildman–Crippen LogP) is 7.99. The van der Waals surface area contributed by atoms with Crippen LogP contribution in [0.5, 0.6) is 23.3 Å². The minimum atomic E-state index is -3.69. The number of methoxy groups -OCH3 is 2. The van der Waals surface area contributed by atoms with E-state index in [1.54, 1.807) is 21.1 Å². The Morgan fingerprint density at radius 2 is 1.25 bits per heavy atom. The minimum Gasteiger partial charge on any atom is -0.497 e. The van der Waals surface area contributed by atoms with E-state index in [0.717, 1.165) is 101 Å². The standard InChI is InChI=1S/C55H70N6O10SSi/c1-5-36-34-60-23-18-37(36)30-50(60)52(42-16-21-56-48-14-12-40(66-3)32-46(42)48)70-54-44-10-7-8-11-45(44)55(59-58-54)71-53(43-17-22-57-49-15-13-41(67-4)33-47(43)49)51-31-38-19-24-61(51)35-39(38)20-27-72(62,63)28-26-68-25-9-29-73(64,65)69-6-2/h7-8,10-17,21-22,32-33,36-39,50-53,64-65H,5-6,9,18-20,23-31,34-35H2,1-4H3/t36-,37-,38-,39-,50-,51-,52+,53+/m0/s1. The molecule has 6 aliphatic rings. The van der Waals surface area contributed by atoms with Crippen LogP contribution in [0.2, 0.25) is 6.04 Å². The van der Waals surface area contributed by atoms with E-state index in [0.29, 0.717) is 48.1 Å². The molecule has 2 N–H and O–H groups in total. The fourth-order valence-corrected chi connectivity index (χ4v) is 14.9. The van der Waals surface area contributed by atoms with Crippen LogP contribution in [0.3, 0.4) is 0 Å². The van der Waals surface area contributed by atoms with Gasteiger partial charge in [0.1, 0.15) is 23.7 Å². The summed E-state index contributed by atoms with van der Waals surface area (Å²) in [5.74, 6) is 4.10. The van der Waals surface area contributed by atoms with E-state index in [1.165, 1.54) is 6.42 Å². The van der Waals surface area contributed by atoms with Crippen molar-refractivity contribution in [2.45, 2.75) is 89.1 Å². The average Bonchev–Trinajstić information content (AvgIpc) is 3.42. The number of rotatable bonds is 23. The van der Waals surface area contributed by atoms with Gasteiger partial charge in [0.05, 0.1) is 66.2 Å². The zero-order chi connectivity index (χ0) is 50.7. The summed E-state index contributed by atoms with van der Waals surface area (Å²) in [7, 11) is -3.71. The predicted molar refractivity (Wildman–Crippen MR) is 282 cm³/mol. The van der Waals surface area contributed by atoms with Crippen LogP contribution in [0.1, 0.15) is 82.1 Å². The maximum absolute atomic E-state index is 13.3. The number of aromatic nitrogens is 4. The van der Waals surface area contributed by atoms with E-state index in [9.17, 15) is 18.0 Å². The van der Waals surface area contributed by atoms with E-state index in [4.69, 9.17) is 48.3 Å². The van der Waals surface area contributed by atoms with E-state index < -0.39 is 24.7 Å². The van der Waals surface area contributed by atoms with Gasteiger partial charge in [-0.3, -0.25) is 19.8 Å². The number of benzene rings is 3. The molecule has 390 valence electrons. The van der Waals surface area contributed by atoms with E-state index in [2.05, 4.69) is 28.9 Å². The summed E-state index contributed by atoms with van der Waals surface area (Å²) in [6.45, 7) is 8.23. The third-order valence-corrected chi connectivity index (χ3v) is 19.7. The second-order valence-corrected chi connectivity index (χ2v) is 25.0. The summed E-state index contributed by atoms with van der Waals surface area (Å²) in [6.07, 6.45) is 8.95. The third-order valence-electron chi connectivity index (χ3n) is 16.3. The van der Waals surface area contributed by atoms with Crippen molar-refractivity contribution in [1.29, 1.82) is 0 Å². The summed E-state index contributed by atoms with van der Waals surface area (Å²) in [4.78, 5) is 34.5. The van der Waals surface area contributed by atoms with Gasteiger partial charge >= 0.3 is 8.80 Å². The lowest BCUT2D eigenvalue weighted by Gasteiger charge is -2.52. The van der Waals surface area contributed by atoms with Crippen molar-refractivity contribution in [3.8, 4) is 23.3 Å². The number of pyridine rings is 2. The molecule has 73 heavy (non-hydrogen) atoms. The zero-order valence-corrected chi connectivity index (χ0v) is 44.3. The van der Waals surface area contributed by atoms with Gasteiger partial charge in [0.2, 0.25) is 11.8 Å². The highest BCUT2D eigenvalue weighted by molar-refractivity contribution is 7.91. The largest absolute Gasteiger partial charge is 0.497 e. The molecule has 9 heterocycles. The van der Waals surface area contributed by atoms with Gasteiger partial charge in [0.15, 0.2) is 9.84 Å². The molecule has 10 atom stereocenters. The smallest absolute Gasteiger partial charge is 0.495 e. The molecule has 0 saturated carbocycles. The quantitative estimate of drug-likeness (QED) is 0.0464. The summed E-state index contributed by atoms with van der Waals surface area (Å²) in [6, 6.07) is 24.3. The first-order valence-corrected chi connectivity index (χ1v) is 30.1. The van der Waals surface area contributed by atoms with Crippen molar-refractivity contribution >= 4 is 51.2 Å². The number of hydrogen-bond donors (Lipinski definition) is 2. The monoisotopic (exact) mass is 1030 g/mol. The van der Waals surface area contributed by atoms with Crippen molar-refractivity contribution in [3.63, 3.8) is 0 Å². The molecular weight excluding hydrogens is 965 g/mol. The van der Waals surface area contributed by atoms with Crippen LogP contribution < -0.4 is 18.9 Å². The highest BCUT2D eigenvalue weighted by Crippen LogP contribution is 2.48. The normalized spacial score (nSPS) is 24.7. The average molecular weight is 1040 g/mol. The van der Waals surface area contributed by atoms with Gasteiger partial charge in [-0.05, 0) is 143 Å². The van der Waals surface area contributed by atoms with E-state index >= 15 is 0 Å². The number of sulfone groups is 1. The molecule has 6 aliphatic heterocycles. The summed E-state index contributed by atoms with van der Waals surface area (Å²) in [5, 5.41) is 13.3. The molecule has 2 unspecified atom stereocenters. The van der Waals surface area contributed by atoms with Crippen molar-refractivity contribution in [2.24, 2.45) is 23.7 Å². The Morgan fingerprint density at radius 1 is 0.699 bits per heavy atom. The Bertz CT molecular complexity index is 2990. The lowest BCUT2D eigenvalue weighted by atomic mass is 9.72. The van der Waals surface area contributed by atoms with Crippen LogP contribution in [-0.2, 0) is 19.0 Å². The Hall–Kier alpha value is -5.05. The summed E-state index contributed by atoms with van der Waals surface area (Å²) in [5.41, 5.74) is 3.69. The first-order chi connectivity index (χ1) is 35.4. The topological polar surface area (TPSA) is 188 Å². The lowest BCUT2D eigenvalue weighted by molar-refractivity contribution is -0.0504. The molecule has 3 aromatic carbocycles. The van der Waals surface area contributed by atoms with Crippen LogP contribution >= 0.6 is 0 Å². The molecule has 6 aromatic rings. The maximum atomic E-state index is 13.3. The van der Waals surface area contributed by atoms with E-state index in [-0.39, 0.29) is 61.5 Å². The number of hydrogen-bond acceptors (Lipinski definition) is 16. The fourth-order valence-electron chi connectivity index (χ4n) is 12.4. The van der Waals surface area contributed by atoms with Crippen molar-refractivity contribution in [3.05, 3.63) is 96.3 Å². The first kappa shape index (κ1) is 51.4. The van der Waals surface area contributed by atoms with Crippen molar-refractivity contribution in [1.82, 2.24) is 30.0 Å². The number of fused-ring (bicyclic) bond motifs is 9. The first-order valence-electron chi connectivity index (χ1n) is 26.2. The molecular formula is C55H70N6O10SSi. The number of nitrogens with zero attached hydrogens (tertiary/aromatic N) is 6. The SMILES string of the molecule is CCO[Si](O)(O)CCCOCCS(=O)(=O)CC[C@H]1CN2CC[C@H]1C[C@H]2[C@H](Oc1nnc(O[C@H](c2ccnc3ccc(OC)cc23)[C@@H]2C[C@@H]3CCN2C[C@@H]3CC)c2ccccc12)c1ccnc2ccc(OC)cc12. The third kappa shape index (κ3) is 11.3. The number of ether oxygens (including phenoxy) is 5. The molecule has 4 bridgehead atoms. The Balaban J connectivity index is 0.925. The second-order valence-electron chi connectivity index (χ2n) is 20.5. The van der Waals surface area contributed by atoms with Crippen molar-refractivity contribution in [2.75, 3.05) is 71.7 Å². The molecule has 6 fully saturated rings. The van der Waals surface area contributed by atoms with Gasteiger partial charge in [-0.15, -0.1) is 10.2 Å². The molecule has 0 aliphatic carbocycles. The maximum Gasteiger partial charge on any atom is 0.495 e. The zero-order valence-electron chi connectivity index (χ0n) is 42.5. The second kappa shape index (κ2) is 22.4. The van der Waals surface area contributed by atoms with Crippen LogP contribution in [0, 0.1) is 23.7 Å². The van der Waals surface area contributed by atoms with Gasteiger partial charge in [0, 0.05) is 66.6 Å². The van der Waals surface area contributed by atoms with Gasteiger partial charge in [-0.2, -0.15) is 0 Å². The van der Waals surface area contributed by atoms with Crippen LogP contribution in [0.25, 0.3) is 32.6 Å². The van der Waals surface area contributed by atoms with Crippen LogP contribution in [-0.4, -0.2) is 141 Å². The van der Waals surface area contributed by atoms with Crippen molar-refractivity contribution < 1.29 is 46.1 Å². The minimum absolute atomic E-state index is 0.0558. The Kier molecular flexibility index (Phi) is 15.8. The Labute approximate surface area is 429 Å². The molecule has 18 heteroatoms. The lowest BCUT2D eigenvalue weighted by Crippen LogP contribution is -2.56. The van der Waals surface area contributed by atoms with Crippen LogP contribution in [0.15, 0.2) is 85.2 Å². The molecule has 0 amide bonds. The summed E-state index contributed by atoms with van der Waals surface area (Å²) >= 11 is 0. The van der Waals surface area contributed by atoms with Crippen LogP contribution in [0.4, 0.5) is 0 Å². The summed E-state index contributed by atoms with van der Waals surface area (Å²) < 4.78 is 63.4. The molecule has 12 rings (SSSR count). The Morgan fingerprint density at radius 3 is 1.74 bits per heavy atom. The molecule has 3 aromatic heterocycles. The highest BCUT2D eigenvalue weighted by atomic mass is 32.2. The van der Waals surface area contributed by atoms with Gasteiger partial charge in [-0.1, -0.05) is 25.5 Å². The molecule has 0 radical (unpaired) electrons. The van der Waals surface area contributed by atoms with Gasteiger partial charge in [0.25, 0.3) is 0 Å². The fraction of sp³-hybridized carbons (Fsp3) is 0.527. The number of piperidine rings is 6. The molecule has 0 spiro atoms. The van der Waals surface area contributed by atoms with Gasteiger partial charge < -0.3 is 37.7 Å².